The monoisotopic (exact) mass is 498 g/mol. The zero-order valence-electron chi connectivity index (χ0n) is 16.4. The van der Waals surface area contributed by atoms with Crippen LogP contribution in [0.15, 0.2) is 45.8 Å². The van der Waals surface area contributed by atoms with Gasteiger partial charge in [-0.1, -0.05) is 12.1 Å². The summed E-state index contributed by atoms with van der Waals surface area (Å²) in [6.45, 7) is 5.35. The lowest BCUT2D eigenvalue weighted by Crippen LogP contribution is -2.42. The Hall–Kier alpha value is -2.23. The Morgan fingerprint density at radius 2 is 2.07 bits per heavy atom. The number of hydrogen-bond acceptors (Lipinski definition) is 4. The van der Waals surface area contributed by atoms with Crippen molar-refractivity contribution in [1.82, 2.24) is 10.6 Å². The second-order valence-corrected chi connectivity index (χ2v) is 6.47. The van der Waals surface area contributed by atoms with Crippen LogP contribution < -0.4 is 20.3 Å². The van der Waals surface area contributed by atoms with E-state index in [-0.39, 0.29) is 42.5 Å². The van der Waals surface area contributed by atoms with Gasteiger partial charge in [0.2, 0.25) is 0 Å². The molecule has 3 rings (SSSR count). The average molecular weight is 498 g/mol. The SMILES string of the molecule is CN=C(NCCCN1C(=O)COc2ccccc21)NC(C)c1ccc(C)o1.I. The maximum Gasteiger partial charge on any atom is 0.265 e. The summed E-state index contributed by atoms with van der Waals surface area (Å²) in [5.74, 6) is 3.19. The third-order valence-electron chi connectivity index (χ3n) is 4.42. The Labute approximate surface area is 182 Å². The highest BCUT2D eigenvalue weighted by atomic mass is 127. The number of guanidine groups is 1. The molecule has 2 aromatic rings. The third kappa shape index (κ3) is 5.40. The summed E-state index contributed by atoms with van der Waals surface area (Å²) < 4.78 is 11.1. The Bertz CT molecular complexity index is 821. The molecule has 2 N–H and O–H groups in total. The number of furan rings is 1. The fraction of sp³-hybridized carbons (Fsp3) is 0.400. The molecule has 0 spiro atoms. The van der Waals surface area contributed by atoms with Crippen LogP contribution in [0.2, 0.25) is 0 Å². The van der Waals surface area contributed by atoms with E-state index in [1.165, 1.54) is 0 Å². The molecule has 1 aliphatic heterocycles. The summed E-state index contributed by atoms with van der Waals surface area (Å²) in [5.41, 5.74) is 0.832. The average Bonchev–Trinajstić information content (AvgIpc) is 3.12. The fourth-order valence-corrected chi connectivity index (χ4v) is 3.00. The quantitative estimate of drug-likeness (QED) is 0.277. The van der Waals surface area contributed by atoms with Gasteiger partial charge >= 0.3 is 0 Å². The number of carbonyl (C=O) groups excluding carboxylic acids is 1. The molecule has 0 bridgehead atoms. The molecule has 8 heteroatoms. The van der Waals surface area contributed by atoms with Gasteiger partial charge in [-0.05, 0) is 44.5 Å². The Morgan fingerprint density at radius 1 is 1.29 bits per heavy atom. The number of halogens is 1. The summed E-state index contributed by atoms with van der Waals surface area (Å²) in [7, 11) is 1.73. The molecule has 0 saturated heterocycles. The van der Waals surface area contributed by atoms with E-state index in [0.29, 0.717) is 19.0 Å². The zero-order valence-corrected chi connectivity index (χ0v) is 18.7. The van der Waals surface area contributed by atoms with E-state index in [4.69, 9.17) is 9.15 Å². The van der Waals surface area contributed by atoms with Gasteiger partial charge in [-0.15, -0.1) is 24.0 Å². The van der Waals surface area contributed by atoms with Crippen molar-refractivity contribution in [1.29, 1.82) is 0 Å². The molecule has 28 heavy (non-hydrogen) atoms. The zero-order chi connectivity index (χ0) is 19.2. The molecule has 0 saturated carbocycles. The van der Waals surface area contributed by atoms with Gasteiger partial charge < -0.3 is 24.7 Å². The number of aryl methyl sites for hydroxylation is 1. The summed E-state index contributed by atoms with van der Waals surface area (Å²) in [6.07, 6.45) is 0.787. The van der Waals surface area contributed by atoms with Crippen molar-refractivity contribution >= 4 is 41.5 Å². The Morgan fingerprint density at radius 3 is 2.79 bits per heavy atom. The van der Waals surface area contributed by atoms with E-state index in [0.717, 1.165) is 29.4 Å². The van der Waals surface area contributed by atoms with E-state index in [1.54, 1.807) is 11.9 Å². The first kappa shape index (κ1) is 22.1. The fourth-order valence-electron chi connectivity index (χ4n) is 3.00. The predicted octanol–water partition coefficient (Wildman–Crippen LogP) is 3.25. The number of nitrogens with one attached hydrogen (secondary N) is 2. The molecule has 1 atom stereocenters. The van der Waals surface area contributed by atoms with E-state index in [2.05, 4.69) is 15.6 Å². The largest absolute Gasteiger partial charge is 0.482 e. The second kappa shape index (κ2) is 10.4. The second-order valence-electron chi connectivity index (χ2n) is 6.47. The molecule has 2 heterocycles. The summed E-state index contributed by atoms with van der Waals surface area (Å²) >= 11 is 0. The van der Waals surface area contributed by atoms with E-state index >= 15 is 0 Å². The van der Waals surface area contributed by atoms with Crippen LogP contribution >= 0.6 is 24.0 Å². The molecule has 0 fully saturated rings. The first-order chi connectivity index (χ1) is 13.1. The molecule has 1 aliphatic rings. The number of amides is 1. The van der Waals surface area contributed by atoms with Gasteiger partial charge in [0.25, 0.3) is 5.91 Å². The van der Waals surface area contributed by atoms with Crippen LogP contribution in [-0.4, -0.2) is 38.6 Å². The molecule has 152 valence electrons. The number of ether oxygens (including phenoxy) is 1. The topological polar surface area (TPSA) is 79.1 Å². The number of carbonyl (C=O) groups is 1. The van der Waals surface area contributed by atoms with Crippen LogP contribution in [0.25, 0.3) is 0 Å². The van der Waals surface area contributed by atoms with Gasteiger partial charge in [0.05, 0.1) is 11.7 Å². The van der Waals surface area contributed by atoms with Gasteiger partial charge in [-0.2, -0.15) is 0 Å². The van der Waals surface area contributed by atoms with Crippen LogP contribution in [0.1, 0.15) is 30.9 Å². The van der Waals surface area contributed by atoms with Crippen molar-refractivity contribution in [2.75, 3.05) is 31.6 Å². The van der Waals surface area contributed by atoms with Gasteiger partial charge in [-0.3, -0.25) is 9.79 Å². The van der Waals surface area contributed by atoms with E-state index in [9.17, 15) is 4.79 Å². The van der Waals surface area contributed by atoms with Crippen LogP contribution in [0, 0.1) is 6.92 Å². The molecule has 1 aromatic heterocycles. The molecule has 1 aromatic carbocycles. The van der Waals surface area contributed by atoms with Crippen LogP contribution in [0.3, 0.4) is 0 Å². The molecule has 7 nitrogen and oxygen atoms in total. The first-order valence-electron chi connectivity index (χ1n) is 9.14. The lowest BCUT2D eigenvalue weighted by molar-refractivity contribution is -0.121. The van der Waals surface area contributed by atoms with Crippen molar-refractivity contribution in [3.05, 3.63) is 47.9 Å². The molecular weight excluding hydrogens is 471 g/mol. The van der Waals surface area contributed by atoms with E-state index < -0.39 is 0 Å². The molecule has 0 radical (unpaired) electrons. The van der Waals surface area contributed by atoms with Gasteiger partial charge in [0, 0.05) is 20.1 Å². The number of nitrogens with zero attached hydrogens (tertiary/aromatic N) is 2. The van der Waals surface area contributed by atoms with Gasteiger partial charge in [0.1, 0.15) is 17.3 Å². The summed E-state index contributed by atoms with van der Waals surface area (Å²) in [6, 6.07) is 11.5. The standard InChI is InChI=1S/C20H26N4O3.HI/c1-14-9-10-17(27-14)15(2)23-20(21-3)22-11-6-12-24-16-7-4-5-8-18(16)26-13-19(24)25;/h4-5,7-10,15H,6,11-13H2,1-3H3,(H2,21,22,23);1H. The molecule has 1 amide bonds. The maximum atomic E-state index is 12.2. The number of benzene rings is 1. The number of aliphatic imine (C=N–C) groups is 1. The number of rotatable bonds is 6. The summed E-state index contributed by atoms with van der Waals surface area (Å²) in [5, 5.41) is 6.59. The minimum absolute atomic E-state index is 0. The van der Waals surface area contributed by atoms with E-state index in [1.807, 2.05) is 50.2 Å². The predicted molar refractivity (Wildman–Crippen MR) is 121 cm³/mol. The maximum absolute atomic E-state index is 12.2. The van der Waals surface area contributed by atoms with Gasteiger partial charge in [-0.25, -0.2) is 0 Å². The van der Waals surface area contributed by atoms with Crippen molar-refractivity contribution in [3.8, 4) is 5.75 Å². The normalized spacial score (nSPS) is 14.6. The van der Waals surface area contributed by atoms with Crippen molar-refractivity contribution in [2.45, 2.75) is 26.3 Å². The molecular formula is C20H27IN4O3. The first-order valence-corrected chi connectivity index (χ1v) is 9.14. The van der Waals surface area contributed by atoms with Crippen molar-refractivity contribution in [2.24, 2.45) is 4.99 Å². The lowest BCUT2D eigenvalue weighted by Gasteiger charge is -2.29. The molecule has 1 unspecified atom stereocenters. The van der Waals surface area contributed by atoms with Crippen LogP contribution in [0.4, 0.5) is 5.69 Å². The van der Waals surface area contributed by atoms with Crippen LogP contribution in [0.5, 0.6) is 5.75 Å². The van der Waals surface area contributed by atoms with Crippen molar-refractivity contribution < 1.29 is 13.9 Å². The number of hydrogen-bond donors (Lipinski definition) is 2. The molecule has 0 aliphatic carbocycles. The number of fused-ring (bicyclic) bond motifs is 1. The lowest BCUT2D eigenvalue weighted by atomic mass is 10.2. The minimum Gasteiger partial charge on any atom is -0.482 e. The number of para-hydroxylation sites is 2. The highest BCUT2D eigenvalue weighted by Crippen LogP contribution is 2.31. The smallest absolute Gasteiger partial charge is 0.265 e. The highest BCUT2D eigenvalue weighted by molar-refractivity contribution is 14.0. The minimum atomic E-state index is -0.0157. The van der Waals surface area contributed by atoms with Gasteiger partial charge in [0.15, 0.2) is 12.6 Å². The number of anilines is 1. The Kier molecular flexibility index (Phi) is 8.16. The Balaban J connectivity index is 0.00000280. The highest BCUT2D eigenvalue weighted by Gasteiger charge is 2.24. The van der Waals surface area contributed by atoms with Crippen LogP contribution in [-0.2, 0) is 4.79 Å². The summed E-state index contributed by atoms with van der Waals surface area (Å²) in [4.78, 5) is 18.2. The van der Waals surface area contributed by atoms with Crippen molar-refractivity contribution in [3.63, 3.8) is 0 Å². The third-order valence-corrected chi connectivity index (χ3v) is 4.42.